The second-order valence-electron chi connectivity index (χ2n) is 8.87. The molecule has 3 nitrogen and oxygen atoms in total. The smallest absolute Gasteiger partial charge is 0.425 e. The van der Waals surface area contributed by atoms with Crippen molar-refractivity contribution in [3.8, 4) is 5.88 Å². The maximum Gasteiger partial charge on any atom is 0.425 e. The lowest BCUT2D eigenvalue weighted by Gasteiger charge is -2.36. The number of aromatic nitrogens is 1. The van der Waals surface area contributed by atoms with Crippen molar-refractivity contribution in [2.75, 3.05) is 19.6 Å². The van der Waals surface area contributed by atoms with Crippen molar-refractivity contribution in [2.45, 2.75) is 83.9 Å². The minimum absolute atomic E-state index is 0.0752. The highest BCUT2D eigenvalue weighted by atomic mass is 19.4. The molecule has 6 heteroatoms. The van der Waals surface area contributed by atoms with Gasteiger partial charge in [0.1, 0.15) is 0 Å². The van der Waals surface area contributed by atoms with Crippen LogP contribution < -0.4 is 4.74 Å². The molecule has 28 heavy (non-hydrogen) atoms. The predicted molar refractivity (Wildman–Crippen MR) is 105 cm³/mol. The zero-order valence-corrected chi connectivity index (χ0v) is 17.2. The van der Waals surface area contributed by atoms with Crippen LogP contribution in [0, 0.1) is 5.41 Å². The van der Waals surface area contributed by atoms with Crippen molar-refractivity contribution in [3.63, 3.8) is 0 Å². The van der Waals surface area contributed by atoms with E-state index in [-0.39, 0.29) is 5.88 Å². The van der Waals surface area contributed by atoms with Crippen LogP contribution in [0.25, 0.3) is 0 Å². The molecule has 0 radical (unpaired) electrons. The maximum absolute atomic E-state index is 12.7. The Balaban J connectivity index is 1.56. The van der Waals surface area contributed by atoms with Gasteiger partial charge in [-0.05, 0) is 69.5 Å². The van der Waals surface area contributed by atoms with Gasteiger partial charge in [0.15, 0.2) is 6.10 Å². The van der Waals surface area contributed by atoms with Crippen molar-refractivity contribution >= 4 is 0 Å². The van der Waals surface area contributed by atoms with Gasteiger partial charge in [-0.15, -0.1) is 0 Å². The standard InChI is InChI=1S/C22H33F3N2O/c1-17(22(23,24)25)28-20-9-8-18-10-15-27(14-6-7-19(18)26-20)16-13-21(2)11-4-3-5-12-21/h8-9,17H,3-7,10-16H2,1-2H3/t17-/m1/s1. The van der Waals surface area contributed by atoms with Gasteiger partial charge in [0, 0.05) is 18.3 Å². The summed E-state index contributed by atoms with van der Waals surface area (Å²) < 4.78 is 43.1. The molecular formula is C22H33F3N2O. The Hall–Kier alpha value is -1.30. The molecule has 1 saturated carbocycles. The van der Waals surface area contributed by atoms with E-state index >= 15 is 0 Å². The Morgan fingerprint density at radius 1 is 1.11 bits per heavy atom. The zero-order valence-electron chi connectivity index (χ0n) is 17.2. The highest BCUT2D eigenvalue weighted by Crippen LogP contribution is 2.38. The molecule has 2 heterocycles. The molecule has 1 aliphatic heterocycles. The summed E-state index contributed by atoms with van der Waals surface area (Å²) in [7, 11) is 0. The van der Waals surface area contributed by atoms with E-state index in [0.717, 1.165) is 57.1 Å². The van der Waals surface area contributed by atoms with E-state index in [9.17, 15) is 13.2 Å². The second-order valence-corrected chi connectivity index (χ2v) is 8.87. The maximum atomic E-state index is 12.7. The number of fused-ring (bicyclic) bond motifs is 1. The second kappa shape index (κ2) is 9.02. The Morgan fingerprint density at radius 2 is 1.86 bits per heavy atom. The summed E-state index contributed by atoms with van der Waals surface area (Å²) in [6.45, 7) is 6.62. The van der Waals surface area contributed by atoms with Gasteiger partial charge in [-0.1, -0.05) is 32.3 Å². The summed E-state index contributed by atoms with van der Waals surface area (Å²) in [4.78, 5) is 6.94. The fourth-order valence-corrected chi connectivity index (χ4v) is 4.44. The molecule has 0 aromatic carbocycles. The largest absolute Gasteiger partial charge is 0.465 e. The molecule has 1 atom stereocenters. The van der Waals surface area contributed by atoms with Gasteiger partial charge >= 0.3 is 6.18 Å². The van der Waals surface area contributed by atoms with E-state index in [1.165, 1.54) is 38.5 Å². The number of pyridine rings is 1. The van der Waals surface area contributed by atoms with Crippen molar-refractivity contribution in [1.82, 2.24) is 9.88 Å². The third-order valence-electron chi connectivity index (χ3n) is 6.48. The first kappa shape index (κ1) is 21.4. The summed E-state index contributed by atoms with van der Waals surface area (Å²) in [5.41, 5.74) is 2.54. The van der Waals surface area contributed by atoms with Gasteiger partial charge in [0.25, 0.3) is 0 Å². The van der Waals surface area contributed by atoms with E-state index < -0.39 is 12.3 Å². The predicted octanol–water partition coefficient (Wildman–Crippen LogP) is 5.56. The van der Waals surface area contributed by atoms with Gasteiger partial charge < -0.3 is 9.64 Å². The number of ether oxygens (including phenoxy) is 1. The van der Waals surface area contributed by atoms with Crippen LogP contribution in [0.1, 0.15) is 70.1 Å². The molecule has 0 unspecified atom stereocenters. The van der Waals surface area contributed by atoms with E-state index in [4.69, 9.17) is 4.74 Å². The summed E-state index contributed by atoms with van der Waals surface area (Å²) in [5.74, 6) is 0.0752. The number of halogens is 3. The monoisotopic (exact) mass is 398 g/mol. The van der Waals surface area contributed by atoms with Crippen molar-refractivity contribution in [3.05, 3.63) is 23.4 Å². The summed E-state index contributed by atoms with van der Waals surface area (Å²) in [6, 6.07) is 3.47. The van der Waals surface area contributed by atoms with Gasteiger partial charge in [-0.2, -0.15) is 13.2 Å². The zero-order chi connectivity index (χ0) is 20.2. The van der Waals surface area contributed by atoms with Crippen LogP contribution in [-0.2, 0) is 12.8 Å². The highest BCUT2D eigenvalue weighted by molar-refractivity contribution is 5.27. The third-order valence-corrected chi connectivity index (χ3v) is 6.48. The Labute approximate surface area is 166 Å². The van der Waals surface area contributed by atoms with Gasteiger partial charge in [-0.3, -0.25) is 0 Å². The first-order valence-corrected chi connectivity index (χ1v) is 10.7. The lowest BCUT2D eigenvalue weighted by atomic mass is 9.73. The average molecular weight is 399 g/mol. The number of rotatable bonds is 5. The molecule has 0 bridgehead atoms. The number of aryl methyl sites for hydroxylation is 1. The van der Waals surface area contributed by atoms with Crippen molar-refractivity contribution in [2.24, 2.45) is 5.41 Å². The minimum Gasteiger partial charge on any atom is -0.465 e. The third kappa shape index (κ3) is 5.85. The number of hydrogen-bond donors (Lipinski definition) is 0. The Morgan fingerprint density at radius 3 is 2.57 bits per heavy atom. The molecule has 0 saturated heterocycles. The highest BCUT2D eigenvalue weighted by Gasteiger charge is 2.38. The van der Waals surface area contributed by atoms with E-state index in [1.807, 2.05) is 6.07 Å². The fourth-order valence-electron chi connectivity index (χ4n) is 4.44. The quantitative estimate of drug-likeness (QED) is 0.649. The first-order valence-electron chi connectivity index (χ1n) is 10.7. The van der Waals surface area contributed by atoms with Crippen LogP contribution in [0.15, 0.2) is 12.1 Å². The Bertz CT molecular complexity index is 641. The van der Waals surface area contributed by atoms with Crippen LogP contribution >= 0.6 is 0 Å². The molecule has 0 amide bonds. The van der Waals surface area contributed by atoms with Crippen molar-refractivity contribution < 1.29 is 17.9 Å². The topological polar surface area (TPSA) is 25.4 Å². The Kier molecular flexibility index (Phi) is 6.89. The lowest BCUT2D eigenvalue weighted by Crippen LogP contribution is -2.34. The van der Waals surface area contributed by atoms with Crippen LogP contribution in [0.5, 0.6) is 5.88 Å². The van der Waals surface area contributed by atoms with E-state index in [1.54, 1.807) is 6.07 Å². The van der Waals surface area contributed by atoms with Gasteiger partial charge in [-0.25, -0.2) is 4.98 Å². The number of nitrogens with zero attached hydrogens (tertiary/aromatic N) is 2. The normalized spacial score (nSPS) is 22.0. The molecule has 1 aliphatic carbocycles. The number of hydrogen-bond acceptors (Lipinski definition) is 3. The van der Waals surface area contributed by atoms with Crippen LogP contribution in [-0.4, -0.2) is 41.8 Å². The van der Waals surface area contributed by atoms with Crippen molar-refractivity contribution in [1.29, 1.82) is 0 Å². The minimum atomic E-state index is -4.37. The molecule has 1 fully saturated rings. The summed E-state index contributed by atoms with van der Waals surface area (Å²) in [5, 5.41) is 0. The van der Waals surface area contributed by atoms with Gasteiger partial charge in [0.2, 0.25) is 5.88 Å². The van der Waals surface area contributed by atoms with E-state index in [2.05, 4.69) is 16.8 Å². The molecular weight excluding hydrogens is 365 g/mol. The van der Waals surface area contributed by atoms with Crippen LogP contribution in [0.4, 0.5) is 13.2 Å². The van der Waals surface area contributed by atoms with E-state index in [0.29, 0.717) is 5.41 Å². The lowest BCUT2D eigenvalue weighted by molar-refractivity contribution is -0.190. The molecule has 1 aromatic rings. The molecule has 3 rings (SSSR count). The molecule has 158 valence electrons. The summed E-state index contributed by atoms with van der Waals surface area (Å²) in [6.07, 6.45) is 4.55. The van der Waals surface area contributed by atoms with Gasteiger partial charge in [0.05, 0.1) is 0 Å². The number of alkyl halides is 3. The molecule has 1 aromatic heterocycles. The molecule has 0 N–H and O–H groups in total. The average Bonchev–Trinajstić information content (AvgIpc) is 2.62. The fraction of sp³-hybridized carbons (Fsp3) is 0.773. The first-order chi connectivity index (χ1) is 13.3. The summed E-state index contributed by atoms with van der Waals surface area (Å²) >= 11 is 0. The van der Waals surface area contributed by atoms with Crippen LogP contribution in [0.2, 0.25) is 0 Å². The van der Waals surface area contributed by atoms with Crippen LogP contribution in [0.3, 0.4) is 0 Å². The SMILES string of the molecule is C[C@@H](Oc1ccc2c(n1)CCCN(CCC1(C)CCCCC1)CC2)C(F)(F)F. The molecule has 2 aliphatic rings. The molecule has 0 spiro atoms.